The molecule has 1 fully saturated rings. The molecule has 1 aliphatic rings. The Kier molecular flexibility index (Phi) is 7.59. The summed E-state index contributed by atoms with van der Waals surface area (Å²) in [6, 6.07) is 22.6. The van der Waals surface area contributed by atoms with Crippen LogP contribution in [0.25, 0.3) is 0 Å². The summed E-state index contributed by atoms with van der Waals surface area (Å²) in [6.45, 7) is 1.45. The van der Waals surface area contributed by atoms with E-state index in [1.165, 1.54) is 21.1 Å². The maximum atomic E-state index is 13.8. The van der Waals surface area contributed by atoms with E-state index in [0.29, 0.717) is 28.4 Å². The molecular formula is C29H30N2O6. The van der Waals surface area contributed by atoms with Crippen molar-refractivity contribution in [3.63, 3.8) is 0 Å². The van der Waals surface area contributed by atoms with Crippen molar-refractivity contribution in [1.29, 1.82) is 0 Å². The van der Waals surface area contributed by atoms with Crippen LogP contribution in [0, 0.1) is 11.8 Å². The number of Topliss-reactive ketones (excluding diaryl/α,β-unsaturated/α-hetero) is 1. The molecule has 0 aliphatic heterocycles. The fourth-order valence-corrected chi connectivity index (χ4v) is 5.05. The van der Waals surface area contributed by atoms with Gasteiger partial charge < -0.3 is 25.2 Å². The number of nitrogens with one attached hydrogen (secondary N) is 2. The van der Waals surface area contributed by atoms with E-state index in [4.69, 9.17) is 9.47 Å². The number of rotatable bonds is 7. The zero-order valence-electron chi connectivity index (χ0n) is 20.9. The molecule has 3 aromatic carbocycles. The fraction of sp³-hybridized carbons (Fsp3) is 0.276. The van der Waals surface area contributed by atoms with E-state index >= 15 is 0 Å². The zero-order valence-corrected chi connectivity index (χ0v) is 20.9. The normalized spacial score (nSPS) is 23.1. The molecule has 4 unspecified atom stereocenters. The van der Waals surface area contributed by atoms with Crippen LogP contribution in [0.1, 0.15) is 24.8 Å². The van der Waals surface area contributed by atoms with Gasteiger partial charge in [0.1, 0.15) is 23.2 Å². The Morgan fingerprint density at radius 2 is 1.43 bits per heavy atom. The van der Waals surface area contributed by atoms with Crippen molar-refractivity contribution in [2.45, 2.75) is 24.9 Å². The second-order valence-electron chi connectivity index (χ2n) is 9.30. The van der Waals surface area contributed by atoms with E-state index in [1.54, 1.807) is 66.7 Å². The molecule has 2 amide bonds. The molecule has 1 saturated carbocycles. The second-order valence-corrected chi connectivity index (χ2v) is 9.30. The first-order valence-electron chi connectivity index (χ1n) is 11.9. The van der Waals surface area contributed by atoms with Crippen molar-refractivity contribution < 1.29 is 29.0 Å². The molecule has 8 heteroatoms. The highest BCUT2D eigenvalue weighted by Crippen LogP contribution is 2.49. The maximum Gasteiger partial charge on any atom is 0.235 e. The largest absolute Gasteiger partial charge is 0.497 e. The highest BCUT2D eigenvalue weighted by Gasteiger charge is 2.56. The fourth-order valence-electron chi connectivity index (χ4n) is 5.05. The van der Waals surface area contributed by atoms with Crippen LogP contribution >= 0.6 is 0 Å². The number of amides is 2. The summed E-state index contributed by atoms with van der Waals surface area (Å²) in [4.78, 5) is 40.9. The van der Waals surface area contributed by atoms with Crippen LogP contribution in [0.15, 0.2) is 78.9 Å². The summed E-state index contributed by atoms with van der Waals surface area (Å²) in [5, 5.41) is 17.1. The van der Waals surface area contributed by atoms with Crippen molar-refractivity contribution >= 4 is 29.0 Å². The minimum Gasteiger partial charge on any atom is -0.497 e. The van der Waals surface area contributed by atoms with Gasteiger partial charge in [-0.3, -0.25) is 14.4 Å². The molecule has 0 bridgehead atoms. The monoisotopic (exact) mass is 502 g/mol. The summed E-state index contributed by atoms with van der Waals surface area (Å²) >= 11 is 0. The Hall–Kier alpha value is -4.17. The van der Waals surface area contributed by atoms with Gasteiger partial charge in [0.15, 0.2) is 0 Å². The van der Waals surface area contributed by atoms with E-state index in [0.717, 1.165) is 0 Å². The molecule has 0 heterocycles. The zero-order chi connectivity index (χ0) is 26.6. The van der Waals surface area contributed by atoms with Gasteiger partial charge in [0.2, 0.25) is 11.8 Å². The number of carbonyl (C=O) groups is 3. The highest BCUT2D eigenvalue weighted by atomic mass is 16.5. The number of hydrogen-bond acceptors (Lipinski definition) is 6. The third-order valence-electron chi connectivity index (χ3n) is 6.71. The molecule has 192 valence electrons. The minimum atomic E-state index is -1.74. The van der Waals surface area contributed by atoms with Gasteiger partial charge in [0, 0.05) is 29.3 Å². The average molecular weight is 503 g/mol. The number of ether oxygens (including phenoxy) is 2. The number of methoxy groups -OCH3 is 2. The number of para-hydroxylation sites is 2. The molecule has 3 N–H and O–H groups in total. The molecule has 4 rings (SSSR count). The van der Waals surface area contributed by atoms with Crippen LogP contribution in [0.3, 0.4) is 0 Å². The molecule has 8 nitrogen and oxygen atoms in total. The first-order chi connectivity index (χ1) is 17.7. The molecule has 0 spiro atoms. The van der Waals surface area contributed by atoms with Crippen LogP contribution in [-0.2, 0) is 14.4 Å². The smallest absolute Gasteiger partial charge is 0.235 e. The van der Waals surface area contributed by atoms with Gasteiger partial charge in [0.25, 0.3) is 0 Å². The lowest BCUT2D eigenvalue weighted by Crippen LogP contribution is -2.56. The predicted molar refractivity (Wildman–Crippen MR) is 140 cm³/mol. The first kappa shape index (κ1) is 25.9. The molecule has 37 heavy (non-hydrogen) atoms. The Labute approximate surface area is 215 Å². The Balaban J connectivity index is 1.85. The molecule has 0 radical (unpaired) electrons. The molecule has 0 saturated heterocycles. The van der Waals surface area contributed by atoms with Gasteiger partial charge in [-0.15, -0.1) is 0 Å². The predicted octanol–water partition coefficient (Wildman–Crippen LogP) is 4.02. The topological polar surface area (TPSA) is 114 Å². The molecule has 0 aromatic heterocycles. The standard InChI is InChI=1S/C29H30N2O6/c1-29(35)17-22(32)25(27(33)30-18-10-6-4-7-11-18)24(21-16-20(36-2)14-15-23(21)37-3)26(29)28(34)31-19-12-8-5-9-13-19/h4-16,24-26,35H,17H2,1-3H3,(H,30,33)(H,31,34). The lowest BCUT2D eigenvalue weighted by Gasteiger charge is -2.44. The summed E-state index contributed by atoms with van der Waals surface area (Å²) in [6.07, 6.45) is -0.366. The van der Waals surface area contributed by atoms with Crippen LogP contribution in [0.4, 0.5) is 11.4 Å². The Bertz CT molecular complexity index is 1280. The van der Waals surface area contributed by atoms with Crippen LogP contribution in [0.5, 0.6) is 11.5 Å². The molecule has 1 aliphatic carbocycles. The Morgan fingerprint density at radius 3 is 1.97 bits per heavy atom. The number of ketones is 1. The number of carbonyl (C=O) groups excluding carboxylic acids is 3. The van der Waals surface area contributed by atoms with Crippen molar-refractivity contribution in [3.8, 4) is 11.5 Å². The summed E-state index contributed by atoms with van der Waals surface area (Å²) in [7, 11) is 2.96. The number of aliphatic hydroxyl groups is 1. The second kappa shape index (κ2) is 10.8. The number of benzene rings is 3. The molecule has 4 atom stereocenters. The van der Waals surface area contributed by atoms with E-state index in [-0.39, 0.29) is 6.42 Å². The average Bonchev–Trinajstić information content (AvgIpc) is 2.88. The van der Waals surface area contributed by atoms with E-state index < -0.39 is 41.0 Å². The van der Waals surface area contributed by atoms with Gasteiger partial charge in [-0.1, -0.05) is 36.4 Å². The van der Waals surface area contributed by atoms with Gasteiger partial charge >= 0.3 is 0 Å². The van der Waals surface area contributed by atoms with Gasteiger partial charge in [-0.25, -0.2) is 0 Å². The van der Waals surface area contributed by atoms with Crippen molar-refractivity contribution in [2.24, 2.45) is 11.8 Å². The number of anilines is 2. The Morgan fingerprint density at radius 1 is 0.865 bits per heavy atom. The van der Waals surface area contributed by atoms with E-state index in [1.807, 2.05) is 12.1 Å². The third kappa shape index (κ3) is 5.49. The highest BCUT2D eigenvalue weighted by molar-refractivity contribution is 6.10. The van der Waals surface area contributed by atoms with E-state index in [2.05, 4.69) is 10.6 Å². The van der Waals surface area contributed by atoms with Crippen molar-refractivity contribution in [2.75, 3.05) is 24.9 Å². The first-order valence-corrected chi connectivity index (χ1v) is 11.9. The van der Waals surface area contributed by atoms with Crippen LogP contribution in [0.2, 0.25) is 0 Å². The SMILES string of the molecule is COc1ccc(OC)c(C2C(C(=O)Nc3ccccc3)C(=O)CC(C)(O)C2C(=O)Nc2ccccc2)c1. The summed E-state index contributed by atoms with van der Waals surface area (Å²) in [5.41, 5.74) is -0.282. The number of hydrogen-bond donors (Lipinski definition) is 3. The van der Waals surface area contributed by atoms with Crippen molar-refractivity contribution in [1.82, 2.24) is 0 Å². The molecular weight excluding hydrogens is 472 g/mol. The van der Waals surface area contributed by atoms with Gasteiger partial charge in [-0.2, -0.15) is 0 Å². The minimum absolute atomic E-state index is 0.366. The third-order valence-corrected chi connectivity index (χ3v) is 6.71. The lowest BCUT2D eigenvalue weighted by molar-refractivity contribution is -0.150. The maximum absolute atomic E-state index is 13.8. The quantitative estimate of drug-likeness (QED) is 0.421. The lowest BCUT2D eigenvalue weighted by atomic mass is 9.61. The van der Waals surface area contributed by atoms with Crippen molar-refractivity contribution in [3.05, 3.63) is 84.4 Å². The summed E-state index contributed by atoms with van der Waals surface area (Å²) < 4.78 is 11.0. The van der Waals surface area contributed by atoms with Crippen LogP contribution in [-0.4, -0.2) is 42.5 Å². The van der Waals surface area contributed by atoms with Gasteiger partial charge in [-0.05, 0) is 49.4 Å². The summed E-state index contributed by atoms with van der Waals surface area (Å²) in [5.74, 6) is -4.23. The van der Waals surface area contributed by atoms with Crippen LogP contribution < -0.4 is 20.1 Å². The van der Waals surface area contributed by atoms with E-state index in [9.17, 15) is 19.5 Å². The molecule has 3 aromatic rings. The van der Waals surface area contributed by atoms with Gasteiger partial charge in [0.05, 0.1) is 25.7 Å².